The Labute approximate surface area is 126 Å². The molecule has 6 nitrogen and oxygen atoms in total. The van der Waals surface area contributed by atoms with E-state index in [9.17, 15) is 4.79 Å². The molecule has 1 fully saturated rings. The van der Waals surface area contributed by atoms with Crippen molar-refractivity contribution in [3.8, 4) is 0 Å². The number of ether oxygens (including phenoxy) is 1. The highest BCUT2D eigenvalue weighted by molar-refractivity contribution is 5.74. The second kappa shape index (κ2) is 6.93. The monoisotopic (exact) mass is 294 g/mol. The summed E-state index contributed by atoms with van der Waals surface area (Å²) >= 11 is 0. The summed E-state index contributed by atoms with van der Waals surface area (Å²) < 4.78 is 7.35. The van der Waals surface area contributed by atoms with Gasteiger partial charge >= 0.3 is 6.03 Å². The first-order valence-electron chi connectivity index (χ1n) is 7.60. The molecule has 1 aromatic heterocycles. The molecule has 2 amide bonds. The Kier molecular flexibility index (Phi) is 5.22. The van der Waals surface area contributed by atoms with Crippen LogP contribution in [0.25, 0.3) is 0 Å². The number of rotatable bonds is 4. The van der Waals surface area contributed by atoms with E-state index in [0.717, 1.165) is 17.9 Å². The molecule has 0 spiro atoms. The minimum Gasteiger partial charge on any atom is -0.377 e. The number of nitrogens with one attached hydrogen (secondary N) is 1. The van der Waals surface area contributed by atoms with Crippen LogP contribution in [0.3, 0.4) is 0 Å². The first-order valence-corrected chi connectivity index (χ1v) is 7.60. The van der Waals surface area contributed by atoms with Crippen molar-refractivity contribution in [3.05, 3.63) is 17.5 Å². The third-order valence-electron chi connectivity index (χ3n) is 3.82. The van der Waals surface area contributed by atoms with Crippen molar-refractivity contribution in [2.75, 3.05) is 26.3 Å². The molecular weight excluding hydrogens is 268 g/mol. The van der Waals surface area contributed by atoms with Crippen LogP contribution in [0.5, 0.6) is 0 Å². The maximum absolute atomic E-state index is 12.2. The van der Waals surface area contributed by atoms with E-state index in [-0.39, 0.29) is 12.1 Å². The van der Waals surface area contributed by atoms with Gasteiger partial charge in [0.15, 0.2) is 0 Å². The number of amides is 2. The largest absolute Gasteiger partial charge is 0.377 e. The highest BCUT2D eigenvalue weighted by Crippen LogP contribution is 2.08. The van der Waals surface area contributed by atoms with Gasteiger partial charge in [-0.25, -0.2) is 4.79 Å². The van der Waals surface area contributed by atoms with Gasteiger partial charge in [-0.05, 0) is 32.8 Å². The minimum absolute atomic E-state index is 0.00557. The Morgan fingerprint density at radius 3 is 2.95 bits per heavy atom. The predicted molar refractivity (Wildman–Crippen MR) is 81.3 cm³/mol. The summed E-state index contributed by atoms with van der Waals surface area (Å²) in [5.41, 5.74) is 2.19. The van der Waals surface area contributed by atoms with Crippen LogP contribution in [-0.4, -0.2) is 53.1 Å². The lowest BCUT2D eigenvalue weighted by Gasteiger charge is -2.33. The maximum Gasteiger partial charge on any atom is 0.317 e. The molecule has 0 aliphatic carbocycles. The van der Waals surface area contributed by atoms with E-state index >= 15 is 0 Å². The van der Waals surface area contributed by atoms with Crippen LogP contribution in [-0.2, 0) is 11.3 Å². The number of nitrogens with zero attached hydrogens (tertiary/aromatic N) is 3. The van der Waals surface area contributed by atoms with Crippen molar-refractivity contribution in [1.82, 2.24) is 20.0 Å². The summed E-state index contributed by atoms with van der Waals surface area (Å²) in [5, 5.41) is 7.48. The van der Waals surface area contributed by atoms with Crippen molar-refractivity contribution in [1.29, 1.82) is 0 Å². The normalized spacial score (nSPS) is 20.4. The van der Waals surface area contributed by atoms with Gasteiger partial charge in [-0.15, -0.1) is 0 Å². The third kappa shape index (κ3) is 4.20. The predicted octanol–water partition coefficient (Wildman–Crippen LogP) is 1.57. The summed E-state index contributed by atoms with van der Waals surface area (Å²) in [4.78, 5) is 14.0. The molecule has 1 saturated heterocycles. The molecule has 1 aliphatic heterocycles. The number of morpholine rings is 1. The van der Waals surface area contributed by atoms with E-state index in [4.69, 9.17) is 4.74 Å². The molecule has 1 N–H and O–H groups in total. The van der Waals surface area contributed by atoms with Crippen LogP contribution in [0.15, 0.2) is 6.07 Å². The SMILES string of the molecule is Cc1cc(C)n(C[C@H](C)CNC(=O)N2CCOC[C@H]2C)n1. The lowest BCUT2D eigenvalue weighted by molar-refractivity contribution is 0.0188. The molecular formula is C15H26N4O2. The number of aryl methyl sites for hydroxylation is 2. The Morgan fingerprint density at radius 2 is 2.33 bits per heavy atom. The summed E-state index contributed by atoms with van der Waals surface area (Å²) in [6, 6.07) is 2.22. The van der Waals surface area contributed by atoms with Crippen LogP contribution in [0.2, 0.25) is 0 Å². The van der Waals surface area contributed by atoms with Gasteiger partial charge in [0.1, 0.15) is 0 Å². The highest BCUT2D eigenvalue weighted by Gasteiger charge is 2.23. The molecule has 118 valence electrons. The molecule has 1 aliphatic rings. The van der Waals surface area contributed by atoms with Gasteiger partial charge in [0.05, 0.1) is 24.9 Å². The van der Waals surface area contributed by atoms with Gasteiger partial charge in [0.25, 0.3) is 0 Å². The fraction of sp³-hybridized carbons (Fsp3) is 0.733. The highest BCUT2D eigenvalue weighted by atomic mass is 16.5. The van der Waals surface area contributed by atoms with E-state index in [0.29, 0.717) is 32.2 Å². The molecule has 0 radical (unpaired) electrons. The number of urea groups is 1. The zero-order valence-corrected chi connectivity index (χ0v) is 13.4. The quantitative estimate of drug-likeness (QED) is 0.917. The molecule has 0 aromatic carbocycles. The molecule has 2 atom stereocenters. The van der Waals surface area contributed by atoms with Crippen LogP contribution in [0.4, 0.5) is 4.79 Å². The van der Waals surface area contributed by atoms with E-state index in [2.05, 4.69) is 30.3 Å². The molecule has 21 heavy (non-hydrogen) atoms. The van der Waals surface area contributed by atoms with Gasteiger partial charge in [0, 0.05) is 25.3 Å². The van der Waals surface area contributed by atoms with Crippen LogP contribution in [0.1, 0.15) is 25.2 Å². The summed E-state index contributed by atoms with van der Waals surface area (Å²) in [6.07, 6.45) is 0. The van der Waals surface area contributed by atoms with Crippen molar-refractivity contribution in [2.24, 2.45) is 5.92 Å². The number of carbonyl (C=O) groups excluding carboxylic acids is 1. The van der Waals surface area contributed by atoms with Gasteiger partial charge < -0.3 is 15.0 Å². The third-order valence-corrected chi connectivity index (χ3v) is 3.82. The first-order chi connectivity index (χ1) is 9.97. The summed E-state index contributed by atoms with van der Waals surface area (Å²) in [5.74, 6) is 0.336. The molecule has 0 unspecified atom stereocenters. The first kappa shape index (κ1) is 15.8. The molecule has 2 heterocycles. The topological polar surface area (TPSA) is 59.4 Å². The summed E-state index contributed by atoms with van der Waals surface area (Å²) in [6.45, 7) is 11.6. The van der Waals surface area contributed by atoms with E-state index in [1.165, 1.54) is 0 Å². The fourth-order valence-corrected chi connectivity index (χ4v) is 2.61. The number of aromatic nitrogens is 2. The zero-order chi connectivity index (χ0) is 15.4. The average molecular weight is 294 g/mol. The zero-order valence-electron chi connectivity index (χ0n) is 13.4. The molecule has 0 saturated carbocycles. The number of hydrogen-bond acceptors (Lipinski definition) is 3. The Bertz CT molecular complexity index is 486. The minimum atomic E-state index is 0.00557. The van der Waals surface area contributed by atoms with Crippen LogP contribution < -0.4 is 5.32 Å². The van der Waals surface area contributed by atoms with E-state index in [1.807, 2.05) is 23.4 Å². The van der Waals surface area contributed by atoms with Crippen molar-refractivity contribution >= 4 is 6.03 Å². The Balaban J connectivity index is 1.79. The van der Waals surface area contributed by atoms with E-state index < -0.39 is 0 Å². The Morgan fingerprint density at radius 1 is 1.57 bits per heavy atom. The fourth-order valence-electron chi connectivity index (χ4n) is 2.61. The van der Waals surface area contributed by atoms with Gasteiger partial charge in [-0.3, -0.25) is 4.68 Å². The van der Waals surface area contributed by atoms with Crippen molar-refractivity contribution in [2.45, 2.75) is 40.3 Å². The smallest absolute Gasteiger partial charge is 0.317 e. The van der Waals surface area contributed by atoms with Crippen LogP contribution >= 0.6 is 0 Å². The van der Waals surface area contributed by atoms with Gasteiger partial charge in [-0.2, -0.15) is 5.10 Å². The number of hydrogen-bond donors (Lipinski definition) is 1. The lowest BCUT2D eigenvalue weighted by atomic mass is 10.2. The van der Waals surface area contributed by atoms with Gasteiger partial charge in [0.2, 0.25) is 0 Å². The maximum atomic E-state index is 12.2. The Hall–Kier alpha value is -1.56. The van der Waals surface area contributed by atoms with Crippen molar-refractivity contribution < 1.29 is 9.53 Å². The summed E-state index contributed by atoms with van der Waals surface area (Å²) in [7, 11) is 0. The van der Waals surface area contributed by atoms with Crippen LogP contribution in [0, 0.1) is 19.8 Å². The molecule has 1 aromatic rings. The second-order valence-electron chi connectivity index (χ2n) is 6.02. The standard InChI is InChI=1S/C15H26N4O2/c1-11(9-19-13(3)7-12(2)17-19)8-16-15(20)18-5-6-21-10-14(18)4/h7,11,14H,5-6,8-10H2,1-4H3,(H,16,20)/t11-,14-/m1/s1. The molecule has 6 heteroatoms. The average Bonchev–Trinajstić information content (AvgIpc) is 2.74. The van der Waals surface area contributed by atoms with Gasteiger partial charge in [-0.1, -0.05) is 6.92 Å². The second-order valence-corrected chi connectivity index (χ2v) is 6.02. The van der Waals surface area contributed by atoms with E-state index in [1.54, 1.807) is 0 Å². The number of carbonyl (C=O) groups is 1. The lowest BCUT2D eigenvalue weighted by Crippen LogP contribution is -2.51. The molecule has 0 bridgehead atoms. The van der Waals surface area contributed by atoms with Crippen molar-refractivity contribution in [3.63, 3.8) is 0 Å². The molecule has 2 rings (SSSR count).